The molecule has 0 spiro atoms. The zero-order chi connectivity index (χ0) is 13.0. The Bertz CT molecular complexity index is 460. The number of methoxy groups -OCH3 is 1. The van der Waals surface area contributed by atoms with Crippen LogP contribution < -0.4 is 4.74 Å². The van der Waals surface area contributed by atoms with Gasteiger partial charge in [0.2, 0.25) is 5.75 Å². The van der Waals surface area contributed by atoms with Crippen LogP contribution in [0, 0.1) is 10.1 Å². The molecule has 1 aromatic rings. The number of carbonyl (C=O) groups excluding carboxylic acids is 1. The summed E-state index contributed by atoms with van der Waals surface area (Å²) in [7, 11) is 1.24. The molecule has 1 rings (SSSR count). The Morgan fingerprint density at radius 2 is 2.18 bits per heavy atom. The summed E-state index contributed by atoms with van der Waals surface area (Å²) in [6, 6.07) is 2.58. The van der Waals surface area contributed by atoms with E-state index in [0.717, 1.165) is 0 Å². The maximum Gasteiger partial charge on any atom is 0.345 e. The van der Waals surface area contributed by atoms with E-state index in [1.54, 1.807) is 6.92 Å². The summed E-state index contributed by atoms with van der Waals surface area (Å²) in [6.07, 6.45) is 0. The number of rotatable bonds is 4. The molecule has 0 unspecified atom stereocenters. The van der Waals surface area contributed by atoms with Gasteiger partial charge < -0.3 is 9.47 Å². The van der Waals surface area contributed by atoms with E-state index in [4.69, 9.17) is 21.1 Å². The van der Waals surface area contributed by atoms with E-state index in [-0.39, 0.29) is 22.9 Å². The van der Waals surface area contributed by atoms with Crippen molar-refractivity contribution in [1.82, 2.24) is 0 Å². The van der Waals surface area contributed by atoms with Gasteiger partial charge in [0.15, 0.2) is 0 Å². The van der Waals surface area contributed by atoms with Gasteiger partial charge in [-0.3, -0.25) is 10.1 Å². The molecule has 0 radical (unpaired) electrons. The Morgan fingerprint density at radius 3 is 2.65 bits per heavy atom. The molecular formula is C10H10ClNO5. The van der Waals surface area contributed by atoms with Crippen molar-refractivity contribution in [3.8, 4) is 5.75 Å². The van der Waals surface area contributed by atoms with E-state index in [9.17, 15) is 14.9 Å². The summed E-state index contributed by atoms with van der Waals surface area (Å²) in [5.74, 6) is -0.934. The lowest BCUT2D eigenvalue weighted by atomic mass is 10.1. The highest BCUT2D eigenvalue weighted by molar-refractivity contribution is 6.32. The van der Waals surface area contributed by atoms with Crippen molar-refractivity contribution in [3.63, 3.8) is 0 Å². The second-order valence-corrected chi connectivity index (χ2v) is 3.36. The normalized spacial score (nSPS) is 9.82. The monoisotopic (exact) mass is 259 g/mol. The van der Waals surface area contributed by atoms with Crippen molar-refractivity contribution in [2.24, 2.45) is 0 Å². The van der Waals surface area contributed by atoms with Crippen LogP contribution in [0.15, 0.2) is 12.1 Å². The highest BCUT2D eigenvalue weighted by atomic mass is 35.5. The molecule has 0 bridgehead atoms. The van der Waals surface area contributed by atoms with Crippen LogP contribution in [0.4, 0.5) is 5.69 Å². The Morgan fingerprint density at radius 1 is 1.53 bits per heavy atom. The third-order valence-electron chi connectivity index (χ3n) is 1.97. The van der Waals surface area contributed by atoms with Crippen LogP contribution in [-0.4, -0.2) is 24.6 Å². The molecule has 92 valence electrons. The van der Waals surface area contributed by atoms with Crippen molar-refractivity contribution < 1.29 is 19.2 Å². The number of hydrogen-bond donors (Lipinski definition) is 0. The molecule has 7 heteroatoms. The molecule has 0 N–H and O–H groups in total. The van der Waals surface area contributed by atoms with Gasteiger partial charge in [-0.2, -0.15) is 0 Å². The van der Waals surface area contributed by atoms with Crippen LogP contribution in [0.3, 0.4) is 0 Å². The molecule has 0 saturated carbocycles. The lowest BCUT2D eigenvalue weighted by Crippen LogP contribution is -2.09. The molecule has 17 heavy (non-hydrogen) atoms. The van der Waals surface area contributed by atoms with Crippen molar-refractivity contribution in [2.75, 3.05) is 13.7 Å². The minimum absolute atomic E-state index is 0.0623. The lowest BCUT2D eigenvalue weighted by molar-refractivity contribution is -0.386. The molecule has 6 nitrogen and oxygen atoms in total. The lowest BCUT2D eigenvalue weighted by Gasteiger charge is -2.07. The number of hydrogen-bond acceptors (Lipinski definition) is 5. The molecule has 1 aromatic carbocycles. The quantitative estimate of drug-likeness (QED) is 0.471. The van der Waals surface area contributed by atoms with Crippen molar-refractivity contribution in [3.05, 3.63) is 32.8 Å². The van der Waals surface area contributed by atoms with E-state index in [0.29, 0.717) is 0 Å². The molecule has 0 aliphatic rings. The molecule has 0 atom stereocenters. The maximum absolute atomic E-state index is 11.5. The Hall–Kier alpha value is -1.82. The Kier molecular flexibility index (Phi) is 4.28. The summed E-state index contributed by atoms with van der Waals surface area (Å²) < 4.78 is 9.54. The largest absolute Gasteiger partial charge is 0.489 e. The first-order valence-electron chi connectivity index (χ1n) is 4.70. The van der Waals surface area contributed by atoms with E-state index < -0.39 is 16.6 Å². The van der Waals surface area contributed by atoms with E-state index in [1.165, 1.54) is 19.2 Å². The van der Waals surface area contributed by atoms with Gasteiger partial charge in [-0.15, -0.1) is 0 Å². The molecular weight excluding hydrogens is 250 g/mol. The first kappa shape index (κ1) is 13.2. The third kappa shape index (κ3) is 2.65. The number of esters is 1. The third-order valence-corrected chi connectivity index (χ3v) is 2.26. The Labute approximate surface area is 102 Å². The molecule has 0 aliphatic heterocycles. The van der Waals surface area contributed by atoms with E-state index >= 15 is 0 Å². The van der Waals surface area contributed by atoms with E-state index in [1.807, 2.05) is 0 Å². The fourth-order valence-corrected chi connectivity index (χ4v) is 1.53. The summed E-state index contributed by atoms with van der Waals surface area (Å²) in [6.45, 7) is 1.73. The van der Waals surface area contributed by atoms with Crippen LogP contribution in [-0.2, 0) is 4.74 Å². The van der Waals surface area contributed by atoms with Crippen molar-refractivity contribution in [1.29, 1.82) is 0 Å². The standard InChI is InChI=1S/C10H10ClNO5/c1-3-17-10(13)6-4-5-7(11)9(16-2)8(6)12(14)15/h4-5H,3H2,1-2H3. The first-order chi connectivity index (χ1) is 8.02. The van der Waals surface area contributed by atoms with Crippen LogP contribution in [0.5, 0.6) is 5.75 Å². The number of nitro benzene ring substituents is 1. The smallest absolute Gasteiger partial charge is 0.345 e. The SMILES string of the molecule is CCOC(=O)c1ccc(Cl)c(OC)c1[N+](=O)[O-]. The summed E-state index contributed by atoms with van der Waals surface area (Å²) in [4.78, 5) is 21.7. The van der Waals surface area contributed by atoms with Gasteiger partial charge in [-0.25, -0.2) is 4.79 Å². The van der Waals surface area contributed by atoms with Gasteiger partial charge in [0.1, 0.15) is 5.56 Å². The van der Waals surface area contributed by atoms with Crippen molar-refractivity contribution >= 4 is 23.3 Å². The number of halogens is 1. The number of ether oxygens (including phenoxy) is 2. The fraction of sp³-hybridized carbons (Fsp3) is 0.300. The molecule has 0 amide bonds. The zero-order valence-electron chi connectivity index (χ0n) is 9.23. The summed E-state index contributed by atoms with van der Waals surface area (Å²) in [5, 5.41) is 11.0. The average molecular weight is 260 g/mol. The Balaban J connectivity index is 3.40. The molecule has 0 saturated heterocycles. The van der Waals surface area contributed by atoms with Crippen molar-refractivity contribution in [2.45, 2.75) is 6.92 Å². The number of carbonyl (C=O) groups is 1. The van der Waals surface area contributed by atoms with Gasteiger partial charge in [0.05, 0.1) is 23.7 Å². The average Bonchev–Trinajstić information content (AvgIpc) is 2.28. The van der Waals surface area contributed by atoms with Crippen LogP contribution in [0.1, 0.15) is 17.3 Å². The van der Waals surface area contributed by atoms with Gasteiger partial charge in [0, 0.05) is 0 Å². The topological polar surface area (TPSA) is 78.7 Å². The molecule has 0 aliphatic carbocycles. The van der Waals surface area contributed by atoms with Gasteiger partial charge >= 0.3 is 11.7 Å². The van der Waals surface area contributed by atoms with Gasteiger partial charge in [0.25, 0.3) is 0 Å². The molecule has 0 fully saturated rings. The summed E-state index contributed by atoms with van der Waals surface area (Å²) in [5.41, 5.74) is -0.670. The number of nitro groups is 1. The second kappa shape index (κ2) is 5.49. The summed E-state index contributed by atoms with van der Waals surface area (Å²) >= 11 is 5.75. The predicted molar refractivity (Wildman–Crippen MR) is 60.6 cm³/mol. The zero-order valence-corrected chi connectivity index (χ0v) is 9.98. The van der Waals surface area contributed by atoms with Crippen LogP contribution in [0.2, 0.25) is 5.02 Å². The number of benzene rings is 1. The molecule has 0 heterocycles. The predicted octanol–water partition coefficient (Wildman–Crippen LogP) is 2.43. The first-order valence-corrected chi connectivity index (χ1v) is 5.08. The minimum atomic E-state index is -0.783. The molecule has 0 aromatic heterocycles. The van der Waals surface area contributed by atoms with Crippen LogP contribution in [0.25, 0.3) is 0 Å². The van der Waals surface area contributed by atoms with Gasteiger partial charge in [-0.1, -0.05) is 11.6 Å². The maximum atomic E-state index is 11.5. The highest BCUT2D eigenvalue weighted by Gasteiger charge is 2.28. The minimum Gasteiger partial charge on any atom is -0.489 e. The fourth-order valence-electron chi connectivity index (χ4n) is 1.30. The van der Waals surface area contributed by atoms with Gasteiger partial charge in [-0.05, 0) is 19.1 Å². The second-order valence-electron chi connectivity index (χ2n) is 2.95. The van der Waals surface area contributed by atoms with Crippen LogP contribution >= 0.6 is 11.6 Å². The number of nitrogens with zero attached hydrogens (tertiary/aromatic N) is 1. The highest BCUT2D eigenvalue weighted by Crippen LogP contribution is 2.37. The van der Waals surface area contributed by atoms with E-state index in [2.05, 4.69) is 0 Å².